The number of aliphatic hydroxyl groups excluding tert-OH is 1. The van der Waals surface area contributed by atoms with Crippen molar-refractivity contribution in [2.24, 2.45) is 5.92 Å². The molecule has 3 fully saturated rings. The zero-order chi connectivity index (χ0) is 16.8. The average molecular weight is 330 g/mol. The fraction of sp³-hybridized carbons (Fsp3) is 0.650. The third kappa shape index (κ3) is 4.37. The minimum Gasteiger partial charge on any atom is -0.396 e. The van der Waals surface area contributed by atoms with Gasteiger partial charge in [-0.15, -0.1) is 0 Å². The van der Waals surface area contributed by atoms with E-state index >= 15 is 0 Å². The number of benzene rings is 1. The van der Waals surface area contributed by atoms with Crippen LogP contribution in [0.5, 0.6) is 0 Å². The number of hydrogen-bond acceptors (Lipinski definition) is 3. The van der Waals surface area contributed by atoms with Gasteiger partial charge in [-0.2, -0.15) is 0 Å². The zero-order valence-electron chi connectivity index (χ0n) is 14.6. The molecule has 4 heteroatoms. The first-order valence-electron chi connectivity index (χ1n) is 9.45. The van der Waals surface area contributed by atoms with Crippen molar-refractivity contribution in [1.82, 2.24) is 9.80 Å². The molecule has 3 aliphatic rings. The van der Waals surface area contributed by atoms with Gasteiger partial charge in [0.1, 0.15) is 0 Å². The van der Waals surface area contributed by atoms with Crippen LogP contribution in [-0.2, 0) is 11.3 Å². The van der Waals surface area contributed by atoms with Crippen LogP contribution in [-0.4, -0.2) is 53.1 Å². The number of aliphatic hydroxyl groups is 1. The van der Waals surface area contributed by atoms with Gasteiger partial charge in [0, 0.05) is 32.3 Å². The third-order valence-corrected chi connectivity index (χ3v) is 5.45. The number of carbonyl (C=O) groups excluding carboxylic acids is 1. The standard InChI is InChI=1S/C20H30N2O2/c23-13-7-2-1-6-12-21-15-18-10-11-19(16-21)22(20(18)24)14-17-8-4-3-5-9-17/h3-5,8-9,18-19,23H,1-2,6-7,10-16H2/t18-,19+/m0/s1. The lowest BCUT2D eigenvalue weighted by Crippen LogP contribution is -2.47. The molecule has 1 N–H and O–H groups in total. The number of carbonyl (C=O) groups is 1. The molecule has 0 spiro atoms. The van der Waals surface area contributed by atoms with E-state index in [0.29, 0.717) is 18.6 Å². The summed E-state index contributed by atoms with van der Waals surface area (Å²) in [5.41, 5.74) is 1.23. The molecule has 0 aromatic heterocycles. The molecule has 4 nitrogen and oxygen atoms in total. The fourth-order valence-corrected chi connectivity index (χ4v) is 4.10. The molecule has 2 atom stereocenters. The van der Waals surface area contributed by atoms with Gasteiger partial charge < -0.3 is 14.9 Å². The number of nitrogens with zero attached hydrogens (tertiary/aromatic N) is 2. The average Bonchev–Trinajstić information content (AvgIpc) is 2.88. The van der Waals surface area contributed by atoms with Crippen LogP contribution in [0.2, 0.25) is 0 Å². The van der Waals surface area contributed by atoms with Gasteiger partial charge in [0.15, 0.2) is 0 Å². The van der Waals surface area contributed by atoms with Crippen LogP contribution >= 0.6 is 0 Å². The van der Waals surface area contributed by atoms with Crippen LogP contribution in [0, 0.1) is 5.92 Å². The van der Waals surface area contributed by atoms with Crippen LogP contribution in [0.1, 0.15) is 44.1 Å². The van der Waals surface area contributed by atoms with Gasteiger partial charge in [-0.3, -0.25) is 4.79 Å². The molecule has 0 saturated carbocycles. The van der Waals surface area contributed by atoms with E-state index in [1.165, 1.54) is 18.4 Å². The zero-order valence-corrected chi connectivity index (χ0v) is 14.6. The van der Waals surface area contributed by atoms with Crippen LogP contribution < -0.4 is 0 Å². The van der Waals surface area contributed by atoms with Crippen molar-refractivity contribution in [3.05, 3.63) is 35.9 Å². The lowest BCUT2D eigenvalue weighted by Gasteiger charge is -2.36. The number of piperidine rings is 1. The Morgan fingerprint density at radius 2 is 1.79 bits per heavy atom. The van der Waals surface area contributed by atoms with Crippen LogP contribution in [0.25, 0.3) is 0 Å². The van der Waals surface area contributed by atoms with Gasteiger partial charge in [-0.05, 0) is 37.8 Å². The van der Waals surface area contributed by atoms with Gasteiger partial charge in [0.05, 0.1) is 5.92 Å². The number of rotatable bonds is 8. The van der Waals surface area contributed by atoms with Gasteiger partial charge >= 0.3 is 0 Å². The predicted octanol–water partition coefficient (Wildman–Crippen LogP) is 2.66. The van der Waals surface area contributed by atoms with Crippen LogP contribution in [0.15, 0.2) is 30.3 Å². The van der Waals surface area contributed by atoms with E-state index in [1.54, 1.807) is 0 Å². The van der Waals surface area contributed by atoms with Crippen molar-refractivity contribution in [3.63, 3.8) is 0 Å². The van der Waals surface area contributed by atoms with E-state index in [9.17, 15) is 4.79 Å². The monoisotopic (exact) mass is 330 g/mol. The minimum absolute atomic E-state index is 0.185. The molecule has 0 aliphatic carbocycles. The van der Waals surface area contributed by atoms with Gasteiger partial charge in [-0.1, -0.05) is 43.2 Å². The summed E-state index contributed by atoms with van der Waals surface area (Å²) in [4.78, 5) is 17.5. The molecule has 132 valence electrons. The first-order valence-corrected chi connectivity index (χ1v) is 9.45. The largest absolute Gasteiger partial charge is 0.396 e. The highest BCUT2D eigenvalue weighted by Gasteiger charge is 2.40. The maximum Gasteiger partial charge on any atom is 0.227 e. The third-order valence-electron chi connectivity index (χ3n) is 5.45. The Labute approximate surface area is 145 Å². The van der Waals surface area contributed by atoms with Crippen LogP contribution in [0.3, 0.4) is 0 Å². The van der Waals surface area contributed by atoms with Crippen LogP contribution in [0.4, 0.5) is 0 Å². The van der Waals surface area contributed by atoms with E-state index < -0.39 is 0 Å². The molecule has 1 aromatic rings. The Hall–Kier alpha value is -1.39. The van der Waals surface area contributed by atoms with Gasteiger partial charge in [-0.25, -0.2) is 0 Å². The second-order valence-corrected chi connectivity index (χ2v) is 7.28. The van der Waals surface area contributed by atoms with Gasteiger partial charge in [0.25, 0.3) is 0 Å². The number of unbranched alkanes of at least 4 members (excludes halogenated alkanes) is 3. The highest BCUT2D eigenvalue weighted by atomic mass is 16.2. The van der Waals surface area contributed by atoms with E-state index in [1.807, 2.05) is 6.07 Å². The number of fused-ring (bicyclic) bond motifs is 4. The second-order valence-electron chi connectivity index (χ2n) is 7.28. The summed E-state index contributed by atoms with van der Waals surface area (Å²) in [5, 5.41) is 8.86. The summed E-state index contributed by atoms with van der Waals surface area (Å²) in [6.07, 6.45) is 6.56. The first-order chi connectivity index (χ1) is 11.8. The Morgan fingerprint density at radius 1 is 1.00 bits per heavy atom. The summed E-state index contributed by atoms with van der Waals surface area (Å²) in [5.74, 6) is 0.544. The van der Waals surface area contributed by atoms with E-state index in [4.69, 9.17) is 5.11 Å². The summed E-state index contributed by atoms with van der Waals surface area (Å²) >= 11 is 0. The van der Waals surface area contributed by atoms with Crippen molar-refractivity contribution in [1.29, 1.82) is 0 Å². The molecule has 1 aromatic carbocycles. The molecule has 0 unspecified atom stereocenters. The normalized spacial score (nSPS) is 24.4. The Morgan fingerprint density at radius 3 is 2.58 bits per heavy atom. The smallest absolute Gasteiger partial charge is 0.227 e. The molecular weight excluding hydrogens is 300 g/mol. The van der Waals surface area contributed by atoms with Gasteiger partial charge in [0.2, 0.25) is 5.91 Å². The molecule has 2 bridgehead atoms. The molecule has 1 amide bonds. The highest BCUT2D eigenvalue weighted by molar-refractivity contribution is 5.80. The Balaban J connectivity index is 1.57. The molecule has 4 rings (SSSR count). The molecule has 0 radical (unpaired) electrons. The second kappa shape index (κ2) is 8.63. The van der Waals surface area contributed by atoms with E-state index in [-0.39, 0.29) is 5.92 Å². The summed E-state index contributed by atoms with van der Waals surface area (Å²) in [6, 6.07) is 10.7. The number of amides is 1. The molecule has 3 heterocycles. The minimum atomic E-state index is 0.185. The number of hydrogen-bond donors (Lipinski definition) is 1. The van der Waals surface area contributed by atoms with Crippen molar-refractivity contribution in [3.8, 4) is 0 Å². The maximum absolute atomic E-state index is 12.8. The summed E-state index contributed by atoms with van der Waals surface area (Å²) < 4.78 is 0. The molecular formula is C20H30N2O2. The van der Waals surface area contributed by atoms with Crippen molar-refractivity contribution >= 4 is 5.91 Å². The molecule has 24 heavy (non-hydrogen) atoms. The summed E-state index contributed by atoms with van der Waals surface area (Å²) in [6.45, 7) is 4.10. The highest BCUT2D eigenvalue weighted by Crippen LogP contribution is 2.30. The fourth-order valence-electron chi connectivity index (χ4n) is 4.10. The lowest BCUT2D eigenvalue weighted by molar-refractivity contribution is -0.140. The topological polar surface area (TPSA) is 43.8 Å². The van der Waals surface area contributed by atoms with E-state index in [2.05, 4.69) is 34.1 Å². The molecule has 3 aliphatic heterocycles. The Kier molecular flexibility index (Phi) is 6.27. The van der Waals surface area contributed by atoms with Crippen molar-refractivity contribution in [2.75, 3.05) is 26.2 Å². The molecule has 3 saturated heterocycles. The summed E-state index contributed by atoms with van der Waals surface area (Å²) in [7, 11) is 0. The maximum atomic E-state index is 12.8. The SMILES string of the molecule is O=C1[C@H]2CC[C@H](CN(CCCCCCO)C2)N1Cc1ccccc1. The Bertz CT molecular complexity index is 520. The van der Waals surface area contributed by atoms with E-state index in [0.717, 1.165) is 51.9 Å². The van der Waals surface area contributed by atoms with Crippen molar-refractivity contribution in [2.45, 2.75) is 51.1 Å². The quantitative estimate of drug-likeness (QED) is 0.745. The lowest BCUT2D eigenvalue weighted by atomic mass is 9.93. The predicted molar refractivity (Wildman–Crippen MR) is 95.5 cm³/mol. The first kappa shape index (κ1) is 17.4. The van der Waals surface area contributed by atoms with Crippen molar-refractivity contribution < 1.29 is 9.90 Å².